The van der Waals surface area contributed by atoms with Crippen LogP contribution < -0.4 is 0 Å². The van der Waals surface area contributed by atoms with Gasteiger partial charge in [-0.15, -0.1) is 0 Å². The summed E-state index contributed by atoms with van der Waals surface area (Å²) in [4.78, 5) is 24.0. The zero-order chi connectivity index (χ0) is 19.9. The summed E-state index contributed by atoms with van der Waals surface area (Å²) >= 11 is 3.22. The van der Waals surface area contributed by atoms with Crippen LogP contribution in [0.4, 0.5) is 13.2 Å². The minimum absolute atomic E-state index is 0.222. The number of rotatable bonds is 3. The Hall–Kier alpha value is -2.82. The number of methoxy groups -OCH3 is 2. The van der Waals surface area contributed by atoms with Crippen LogP contribution in [0.15, 0.2) is 33.2 Å². The van der Waals surface area contributed by atoms with E-state index in [9.17, 15) is 22.8 Å². The molecule has 2 heterocycles. The summed E-state index contributed by atoms with van der Waals surface area (Å²) in [6, 6.07) is 6.13. The van der Waals surface area contributed by atoms with Gasteiger partial charge in [-0.3, -0.25) is 0 Å². The third kappa shape index (κ3) is 3.18. The fraction of sp³-hybridized carbons (Fsp3) is 0.188. The molecule has 142 valence electrons. The predicted octanol–water partition coefficient (Wildman–Crippen LogP) is 3.97. The molecule has 0 saturated heterocycles. The highest BCUT2D eigenvalue weighted by Gasteiger charge is 2.43. The maximum absolute atomic E-state index is 13.6. The van der Waals surface area contributed by atoms with Crippen LogP contribution in [-0.4, -0.2) is 35.9 Å². The molecule has 0 N–H and O–H groups in total. The lowest BCUT2D eigenvalue weighted by Gasteiger charge is -2.05. The molecule has 0 aliphatic heterocycles. The van der Waals surface area contributed by atoms with Crippen LogP contribution in [0.3, 0.4) is 0 Å². The molecule has 0 unspecified atom stereocenters. The summed E-state index contributed by atoms with van der Waals surface area (Å²) in [5.41, 5.74) is -2.31. The van der Waals surface area contributed by atoms with Gasteiger partial charge in [0, 0.05) is 4.47 Å². The Labute approximate surface area is 157 Å². The zero-order valence-electron chi connectivity index (χ0n) is 13.8. The molecule has 0 atom stereocenters. The zero-order valence-corrected chi connectivity index (χ0v) is 15.3. The van der Waals surface area contributed by atoms with Crippen LogP contribution in [0.25, 0.3) is 16.8 Å². The number of esters is 2. The number of furan rings is 1. The number of hydrogen-bond donors (Lipinski definition) is 0. The van der Waals surface area contributed by atoms with Crippen LogP contribution in [-0.2, 0) is 15.7 Å². The Kier molecular flexibility index (Phi) is 4.72. The van der Waals surface area contributed by atoms with E-state index in [1.165, 1.54) is 12.1 Å². The maximum atomic E-state index is 13.6. The molecule has 0 saturated carbocycles. The molecule has 2 aromatic heterocycles. The highest BCUT2D eigenvalue weighted by molar-refractivity contribution is 9.10. The average Bonchev–Trinajstić information content (AvgIpc) is 3.18. The van der Waals surface area contributed by atoms with Crippen LogP contribution >= 0.6 is 15.9 Å². The van der Waals surface area contributed by atoms with E-state index in [-0.39, 0.29) is 5.69 Å². The molecule has 11 heteroatoms. The summed E-state index contributed by atoms with van der Waals surface area (Å²) in [6.45, 7) is 0. The molecule has 0 bridgehead atoms. The number of halogens is 4. The molecule has 0 fully saturated rings. The molecule has 0 aliphatic carbocycles. The molecule has 1 aromatic carbocycles. The first-order valence-corrected chi connectivity index (χ1v) is 8.03. The number of benzene rings is 1. The second kappa shape index (κ2) is 6.72. The number of hydrogen-bond acceptors (Lipinski definition) is 6. The van der Waals surface area contributed by atoms with Crippen molar-refractivity contribution in [2.45, 2.75) is 6.18 Å². The van der Waals surface area contributed by atoms with Gasteiger partial charge < -0.3 is 13.9 Å². The minimum atomic E-state index is -4.92. The molecule has 7 nitrogen and oxygen atoms in total. The molecular weight excluding hydrogens is 437 g/mol. The number of alkyl halides is 3. The van der Waals surface area contributed by atoms with E-state index in [0.29, 0.717) is 4.47 Å². The van der Waals surface area contributed by atoms with Gasteiger partial charge >= 0.3 is 18.1 Å². The molecule has 27 heavy (non-hydrogen) atoms. The monoisotopic (exact) mass is 446 g/mol. The lowest BCUT2D eigenvalue weighted by Crippen LogP contribution is -2.13. The third-order valence-corrected chi connectivity index (χ3v) is 4.15. The first-order valence-electron chi connectivity index (χ1n) is 7.24. The molecular formula is C16H10BrF3N2O5. The lowest BCUT2D eigenvalue weighted by atomic mass is 10.1. The van der Waals surface area contributed by atoms with Crippen LogP contribution in [0.5, 0.6) is 0 Å². The highest BCUT2D eigenvalue weighted by atomic mass is 79.9. The number of fused-ring (bicyclic) bond motifs is 1. The standard InChI is InChI=1S/C16H10BrF3N2O5/c1-25-14(23)9-10-12(16(18,19)20)21-22(8-5-3-7(17)4-6-8)13(10)27-11(9)15(24)26-2/h3-6H,1-2H3. The molecule has 0 spiro atoms. The molecule has 3 aromatic rings. The van der Waals surface area contributed by atoms with Gasteiger partial charge in [0.1, 0.15) is 5.56 Å². The van der Waals surface area contributed by atoms with E-state index < -0.39 is 46.2 Å². The Morgan fingerprint density at radius 2 is 1.70 bits per heavy atom. The van der Waals surface area contributed by atoms with E-state index in [1.807, 2.05) is 0 Å². The summed E-state index contributed by atoms with van der Waals surface area (Å²) in [5, 5.41) is 2.86. The van der Waals surface area contributed by atoms with Gasteiger partial charge in [-0.1, -0.05) is 15.9 Å². The van der Waals surface area contributed by atoms with Crippen LogP contribution in [0.2, 0.25) is 0 Å². The normalized spacial score (nSPS) is 11.6. The van der Waals surface area contributed by atoms with E-state index in [0.717, 1.165) is 18.9 Å². The average molecular weight is 447 g/mol. The van der Waals surface area contributed by atoms with E-state index in [1.54, 1.807) is 12.1 Å². The van der Waals surface area contributed by atoms with Gasteiger partial charge in [-0.05, 0) is 24.3 Å². The summed E-state index contributed by atoms with van der Waals surface area (Å²) < 4.78 is 56.5. The number of carbonyl (C=O) groups excluding carboxylic acids is 2. The first kappa shape index (κ1) is 19.0. The summed E-state index contributed by atoms with van der Waals surface area (Å²) in [6.07, 6.45) is -4.92. The summed E-state index contributed by atoms with van der Waals surface area (Å²) in [5.74, 6) is -3.01. The van der Waals surface area contributed by atoms with Crippen molar-refractivity contribution in [3.63, 3.8) is 0 Å². The van der Waals surface area contributed by atoms with Gasteiger partial charge in [0.15, 0.2) is 5.69 Å². The Balaban J connectivity index is 2.43. The van der Waals surface area contributed by atoms with Crippen molar-refractivity contribution >= 4 is 39.0 Å². The summed E-state index contributed by atoms with van der Waals surface area (Å²) in [7, 11) is 1.97. The van der Waals surface area contributed by atoms with Gasteiger partial charge in [-0.2, -0.15) is 23.0 Å². The highest BCUT2D eigenvalue weighted by Crippen LogP contribution is 2.39. The maximum Gasteiger partial charge on any atom is 0.435 e. The lowest BCUT2D eigenvalue weighted by molar-refractivity contribution is -0.140. The quantitative estimate of drug-likeness (QED) is 0.566. The number of ether oxygens (including phenoxy) is 2. The molecule has 0 radical (unpaired) electrons. The SMILES string of the molecule is COC(=O)c1oc2c(c(C(F)(F)F)nn2-c2ccc(Br)cc2)c1C(=O)OC. The minimum Gasteiger partial charge on any atom is -0.465 e. The topological polar surface area (TPSA) is 83.6 Å². The fourth-order valence-corrected chi connectivity index (χ4v) is 2.74. The van der Waals surface area contributed by atoms with Crippen molar-refractivity contribution in [2.75, 3.05) is 14.2 Å². The Morgan fingerprint density at radius 1 is 1.11 bits per heavy atom. The molecule has 0 amide bonds. The van der Waals surface area contributed by atoms with E-state index in [4.69, 9.17) is 4.42 Å². The van der Waals surface area contributed by atoms with Crippen molar-refractivity contribution in [1.82, 2.24) is 9.78 Å². The van der Waals surface area contributed by atoms with Crippen molar-refractivity contribution < 1.29 is 36.7 Å². The number of aromatic nitrogens is 2. The largest absolute Gasteiger partial charge is 0.465 e. The van der Waals surface area contributed by atoms with E-state index >= 15 is 0 Å². The van der Waals surface area contributed by atoms with Crippen molar-refractivity contribution in [2.24, 2.45) is 0 Å². The van der Waals surface area contributed by atoms with Gasteiger partial charge in [0.25, 0.3) is 0 Å². The number of carbonyl (C=O) groups is 2. The van der Waals surface area contributed by atoms with Crippen molar-refractivity contribution in [3.8, 4) is 5.69 Å². The predicted molar refractivity (Wildman–Crippen MR) is 88.7 cm³/mol. The first-order chi connectivity index (χ1) is 12.7. The smallest absolute Gasteiger partial charge is 0.435 e. The van der Waals surface area contributed by atoms with Crippen LogP contribution in [0, 0.1) is 0 Å². The molecule has 0 aliphatic rings. The molecule has 3 rings (SSSR count). The Bertz CT molecular complexity index is 1040. The van der Waals surface area contributed by atoms with Gasteiger partial charge in [0.2, 0.25) is 11.5 Å². The fourth-order valence-electron chi connectivity index (χ4n) is 2.47. The second-order valence-corrected chi connectivity index (χ2v) is 6.12. The van der Waals surface area contributed by atoms with Gasteiger partial charge in [-0.25, -0.2) is 9.59 Å². The number of nitrogens with zero attached hydrogens (tertiary/aromatic N) is 2. The van der Waals surface area contributed by atoms with Crippen molar-refractivity contribution in [1.29, 1.82) is 0 Å². The van der Waals surface area contributed by atoms with Crippen LogP contribution in [0.1, 0.15) is 26.6 Å². The van der Waals surface area contributed by atoms with Crippen molar-refractivity contribution in [3.05, 3.63) is 45.8 Å². The third-order valence-electron chi connectivity index (χ3n) is 3.62. The van der Waals surface area contributed by atoms with Gasteiger partial charge in [0.05, 0.1) is 25.3 Å². The van der Waals surface area contributed by atoms with E-state index in [2.05, 4.69) is 30.5 Å². The Morgan fingerprint density at radius 3 is 2.22 bits per heavy atom. The second-order valence-electron chi connectivity index (χ2n) is 5.20.